The molecule has 3 aromatic rings. The van der Waals surface area contributed by atoms with Crippen molar-refractivity contribution in [2.75, 3.05) is 23.3 Å². The van der Waals surface area contributed by atoms with Crippen LogP contribution in [0.15, 0.2) is 41.5 Å². The maximum atomic E-state index is 12.9. The van der Waals surface area contributed by atoms with E-state index in [9.17, 15) is 9.59 Å². The average Bonchev–Trinajstić information content (AvgIpc) is 3.08. The third-order valence-electron chi connectivity index (χ3n) is 6.00. The number of fused-ring (bicyclic) bond motifs is 1. The van der Waals surface area contributed by atoms with Gasteiger partial charge in [-0.1, -0.05) is 39.3 Å². The van der Waals surface area contributed by atoms with Crippen molar-refractivity contribution in [3.8, 4) is 0 Å². The molecule has 0 saturated carbocycles. The van der Waals surface area contributed by atoms with Gasteiger partial charge in [0, 0.05) is 31.2 Å². The molecule has 1 fully saturated rings. The van der Waals surface area contributed by atoms with Crippen molar-refractivity contribution in [1.29, 1.82) is 0 Å². The topological polar surface area (TPSA) is 84.5 Å². The highest BCUT2D eigenvalue weighted by atomic mass is 16.2. The second-order valence-electron chi connectivity index (χ2n) is 9.08. The maximum absolute atomic E-state index is 12.9. The third-order valence-corrected chi connectivity index (χ3v) is 6.00. The van der Waals surface area contributed by atoms with Gasteiger partial charge in [-0.25, -0.2) is 18.9 Å². The Morgan fingerprint density at radius 2 is 1.88 bits per heavy atom. The molecule has 0 radical (unpaired) electrons. The first-order valence-corrected chi connectivity index (χ1v) is 11.5. The molecule has 1 aliphatic rings. The Hall–Kier alpha value is -3.16. The lowest BCUT2D eigenvalue weighted by Gasteiger charge is -2.35. The number of aromatic nitrogens is 4. The fourth-order valence-electron chi connectivity index (χ4n) is 4.57. The minimum atomic E-state index is -0.341. The minimum absolute atomic E-state index is 0.148. The number of hydrogen-bond acceptors (Lipinski definition) is 5. The summed E-state index contributed by atoms with van der Waals surface area (Å²) in [7, 11) is 0. The second-order valence-corrected chi connectivity index (χ2v) is 9.08. The van der Waals surface area contributed by atoms with Crippen LogP contribution in [0.5, 0.6) is 0 Å². The number of piperidine rings is 1. The van der Waals surface area contributed by atoms with Crippen LogP contribution in [0.2, 0.25) is 0 Å². The van der Waals surface area contributed by atoms with Crippen molar-refractivity contribution < 1.29 is 4.79 Å². The van der Waals surface area contributed by atoms with Gasteiger partial charge in [0.05, 0.1) is 0 Å². The molecule has 1 saturated heterocycles. The maximum Gasteiger partial charge on any atom is 0.350 e. The first-order valence-electron chi connectivity index (χ1n) is 11.5. The number of hydrogen-bond donors (Lipinski definition) is 1. The van der Waals surface area contributed by atoms with E-state index in [1.165, 1.54) is 21.1 Å². The van der Waals surface area contributed by atoms with Gasteiger partial charge < -0.3 is 10.2 Å². The first-order chi connectivity index (χ1) is 15.4. The van der Waals surface area contributed by atoms with Gasteiger partial charge in [-0.3, -0.25) is 4.79 Å². The standard InChI is InChI=1S/C24H32N6O2/c1-4-5-6-19-7-9-20(10-8-19)26-21(31)16-30-24(32)29-12-11-25-22(23(29)27-30)28-14-17(2)13-18(3)15-28/h7-12,17-18H,4-6,13-16H2,1-3H3,(H,26,31)/t17-,18+. The monoisotopic (exact) mass is 436 g/mol. The van der Waals surface area contributed by atoms with Crippen molar-refractivity contribution in [3.05, 3.63) is 52.7 Å². The summed E-state index contributed by atoms with van der Waals surface area (Å²) in [4.78, 5) is 32.2. The van der Waals surface area contributed by atoms with E-state index < -0.39 is 0 Å². The van der Waals surface area contributed by atoms with E-state index in [4.69, 9.17) is 0 Å². The smallest absolute Gasteiger partial charge is 0.350 e. The van der Waals surface area contributed by atoms with Crippen LogP contribution in [0.3, 0.4) is 0 Å². The fourth-order valence-corrected chi connectivity index (χ4v) is 4.57. The molecular formula is C24H32N6O2. The molecule has 8 heteroatoms. The van der Waals surface area contributed by atoms with Gasteiger partial charge >= 0.3 is 5.69 Å². The molecule has 32 heavy (non-hydrogen) atoms. The molecule has 8 nitrogen and oxygen atoms in total. The Bertz CT molecular complexity index is 1120. The Balaban J connectivity index is 1.50. The van der Waals surface area contributed by atoms with Crippen molar-refractivity contribution in [2.45, 2.75) is 53.0 Å². The summed E-state index contributed by atoms with van der Waals surface area (Å²) in [5.74, 6) is 1.51. The quantitative estimate of drug-likeness (QED) is 0.614. The van der Waals surface area contributed by atoms with Crippen molar-refractivity contribution in [1.82, 2.24) is 19.2 Å². The Morgan fingerprint density at radius 3 is 2.56 bits per heavy atom. The normalized spacial score (nSPS) is 18.8. The number of aryl methyl sites for hydroxylation is 1. The van der Waals surface area contributed by atoms with E-state index in [-0.39, 0.29) is 18.1 Å². The molecule has 1 N–H and O–H groups in total. The molecule has 1 amide bonds. The van der Waals surface area contributed by atoms with Gasteiger partial charge in [0.1, 0.15) is 6.54 Å². The summed E-state index contributed by atoms with van der Waals surface area (Å²) >= 11 is 0. The molecule has 0 bridgehead atoms. The van der Waals surface area contributed by atoms with Gasteiger partial charge in [-0.15, -0.1) is 5.10 Å². The lowest BCUT2D eigenvalue weighted by Crippen LogP contribution is -2.39. The van der Waals surface area contributed by atoms with E-state index >= 15 is 0 Å². The number of nitrogens with zero attached hydrogens (tertiary/aromatic N) is 5. The predicted octanol–water partition coefficient (Wildman–Crippen LogP) is 3.35. The summed E-state index contributed by atoms with van der Waals surface area (Å²) in [5.41, 5.74) is 2.12. The zero-order valence-electron chi connectivity index (χ0n) is 19.1. The van der Waals surface area contributed by atoms with E-state index in [1.54, 1.807) is 12.4 Å². The summed E-state index contributed by atoms with van der Waals surface area (Å²) < 4.78 is 2.68. The van der Waals surface area contributed by atoms with Gasteiger partial charge in [0.15, 0.2) is 5.82 Å². The number of amides is 1. The van der Waals surface area contributed by atoms with Crippen LogP contribution in [-0.2, 0) is 17.8 Å². The number of benzene rings is 1. The van der Waals surface area contributed by atoms with Crippen molar-refractivity contribution >= 4 is 23.1 Å². The fraction of sp³-hybridized carbons (Fsp3) is 0.500. The van der Waals surface area contributed by atoms with E-state index in [0.29, 0.717) is 29.0 Å². The molecule has 1 aliphatic heterocycles. The second kappa shape index (κ2) is 9.54. The van der Waals surface area contributed by atoms with Crippen LogP contribution in [0.1, 0.15) is 45.6 Å². The van der Waals surface area contributed by atoms with Gasteiger partial charge in [0.25, 0.3) is 0 Å². The number of anilines is 2. The number of carbonyl (C=O) groups excluding carboxylic acids is 1. The minimum Gasteiger partial charge on any atom is -0.353 e. The molecule has 0 unspecified atom stereocenters. The van der Waals surface area contributed by atoms with Gasteiger partial charge in [0.2, 0.25) is 11.6 Å². The van der Waals surface area contributed by atoms with E-state index in [2.05, 4.69) is 41.1 Å². The molecule has 170 valence electrons. The largest absolute Gasteiger partial charge is 0.353 e. The summed E-state index contributed by atoms with van der Waals surface area (Å²) in [6, 6.07) is 7.86. The zero-order valence-corrected chi connectivity index (χ0v) is 19.1. The highest BCUT2D eigenvalue weighted by molar-refractivity contribution is 5.90. The highest BCUT2D eigenvalue weighted by Gasteiger charge is 2.25. The van der Waals surface area contributed by atoms with Crippen molar-refractivity contribution in [3.63, 3.8) is 0 Å². The van der Waals surface area contributed by atoms with Gasteiger partial charge in [-0.2, -0.15) is 0 Å². The lowest BCUT2D eigenvalue weighted by molar-refractivity contribution is -0.117. The summed E-state index contributed by atoms with van der Waals surface area (Å²) in [6.07, 6.45) is 7.75. The van der Waals surface area contributed by atoms with Crippen LogP contribution < -0.4 is 15.9 Å². The van der Waals surface area contributed by atoms with Crippen LogP contribution in [-0.4, -0.2) is 38.2 Å². The lowest BCUT2D eigenvalue weighted by atomic mass is 9.92. The molecule has 2 atom stereocenters. The van der Waals surface area contributed by atoms with Crippen molar-refractivity contribution in [2.24, 2.45) is 11.8 Å². The van der Waals surface area contributed by atoms with Crippen LogP contribution in [0, 0.1) is 11.8 Å². The predicted molar refractivity (Wildman–Crippen MR) is 126 cm³/mol. The third kappa shape index (κ3) is 4.84. The summed E-state index contributed by atoms with van der Waals surface area (Å²) in [5, 5.41) is 7.33. The average molecular weight is 437 g/mol. The van der Waals surface area contributed by atoms with Crippen LogP contribution in [0.4, 0.5) is 11.5 Å². The van der Waals surface area contributed by atoms with E-state index in [1.807, 2.05) is 24.3 Å². The van der Waals surface area contributed by atoms with Crippen LogP contribution in [0.25, 0.3) is 5.65 Å². The molecule has 0 aliphatic carbocycles. The first kappa shape index (κ1) is 22.0. The van der Waals surface area contributed by atoms with E-state index in [0.717, 1.165) is 32.4 Å². The molecule has 0 spiro atoms. The number of rotatable bonds is 7. The molecule has 2 aromatic heterocycles. The molecule has 4 rings (SSSR count). The summed E-state index contributed by atoms with van der Waals surface area (Å²) in [6.45, 7) is 8.24. The Labute approximate surface area is 188 Å². The highest BCUT2D eigenvalue weighted by Crippen LogP contribution is 2.26. The number of nitrogens with one attached hydrogen (secondary N) is 1. The Morgan fingerprint density at radius 1 is 1.16 bits per heavy atom. The number of carbonyl (C=O) groups is 1. The van der Waals surface area contributed by atoms with Crippen LogP contribution >= 0.6 is 0 Å². The zero-order chi connectivity index (χ0) is 22.7. The molecule has 1 aromatic carbocycles. The SMILES string of the molecule is CCCCc1ccc(NC(=O)Cn2nc3c(N4C[C@H](C)C[C@H](C)C4)nccn3c2=O)cc1. The molecular weight excluding hydrogens is 404 g/mol. The Kier molecular flexibility index (Phi) is 6.58. The van der Waals surface area contributed by atoms with Gasteiger partial charge in [-0.05, 0) is 48.8 Å². The number of unbranched alkanes of at least 4 members (excludes halogenated alkanes) is 1. The molecule has 3 heterocycles.